The SMILES string of the molecule is O=C1NC(O)C(CC2CCC3OC(CC4CCCCC4)CC[C@H]3C2)S1. The smallest absolute Gasteiger partial charge is 0.281 e. The van der Waals surface area contributed by atoms with Gasteiger partial charge in [0.1, 0.15) is 6.23 Å². The molecule has 5 heteroatoms. The van der Waals surface area contributed by atoms with Crippen LogP contribution in [0.1, 0.15) is 77.0 Å². The molecule has 142 valence electrons. The fourth-order valence-corrected chi connectivity index (χ4v) is 6.70. The first-order valence-electron chi connectivity index (χ1n) is 10.5. The van der Waals surface area contributed by atoms with Gasteiger partial charge >= 0.3 is 0 Å². The van der Waals surface area contributed by atoms with Crippen LogP contribution in [0.25, 0.3) is 0 Å². The molecule has 0 radical (unpaired) electrons. The van der Waals surface area contributed by atoms with E-state index in [0.717, 1.165) is 12.3 Å². The van der Waals surface area contributed by atoms with Crippen molar-refractivity contribution in [3.05, 3.63) is 0 Å². The van der Waals surface area contributed by atoms with E-state index in [2.05, 4.69) is 5.32 Å². The summed E-state index contributed by atoms with van der Waals surface area (Å²) in [5.74, 6) is 2.26. The molecule has 6 atom stereocenters. The molecule has 4 rings (SSSR count). The number of hydrogen-bond donors (Lipinski definition) is 2. The summed E-state index contributed by atoms with van der Waals surface area (Å²) in [6.07, 6.45) is 15.8. The second-order valence-corrected chi connectivity index (χ2v) is 10.0. The molecule has 2 saturated heterocycles. The van der Waals surface area contributed by atoms with Gasteiger partial charge in [-0.05, 0) is 62.7 Å². The summed E-state index contributed by atoms with van der Waals surface area (Å²) >= 11 is 1.29. The number of carbonyl (C=O) groups excluding carboxylic acids is 1. The van der Waals surface area contributed by atoms with E-state index in [-0.39, 0.29) is 10.5 Å². The Morgan fingerprint density at radius 2 is 1.84 bits per heavy atom. The maximum Gasteiger partial charge on any atom is 0.281 e. The van der Waals surface area contributed by atoms with Crippen molar-refractivity contribution in [3.63, 3.8) is 0 Å². The minimum absolute atomic E-state index is 0.0395. The van der Waals surface area contributed by atoms with E-state index in [9.17, 15) is 9.90 Å². The molecule has 0 aromatic rings. The van der Waals surface area contributed by atoms with Crippen molar-refractivity contribution >= 4 is 17.0 Å². The number of hydrogen-bond acceptors (Lipinski definition) is 4. The number of aliphatic hydroxyl groups excluding tert-OH is 1. The van der Waals surface area contributed by atoms with Gasteiger partial charge < -0.3 is 15.2 Å². The van der Waals surface area contributed by atoms with Crippen LogP contribution in [0, 0.1) is 17.8 Å². The third-order valence-electron chi connectivity index (χ3n) is 7.01. The van der Waals surface area contributed by atoms with Crippen LogP contribution in [-0.4, -0.2) is 34.0 Å². The van der Waals surface area contributed by atoms with Crippen LogP contribution in [-0.2, 0) is 4.74 Å². The number of nitrogens with one attached hydrogen (secondary N) is 1. The van der Waals surface area contributed by atoms with E-state index in [4.69, 9.17) is 4.74 Å². The van der Waals surface area contributed by atoms with Crippen molar-refractivity contribution in [1.82, 2.24) is 5.32 Å². The predicted octanol–water partition coefficient (Wildman–Crippen LogP) is 4.45. The number of carbonyl (C=O) groups is 1. The Morgan fingerprint density at radius 1 is 1.00 bits per heavy atom. The van der Waals surface area contributed by atoms with Crippen LogP contribution in [0.15, 0.2) is 0 Å². The molecule has 2 heterocycles. The number of thioether (sulfide) groups is 1. The molecule has 2 aliphatic carbocycles. The molecule has 4 fully saturated rings. The summed E-state index contributed by atoms with van der Waals surface area (Å²) < 4.78 is 6.53. The average molecular weight is 368 g/mol. The molecule has 0 aromatic carbocycles. The highest BCUT2D eigenvalue weighted by molar-refractivity contribution is 8.14. The third-order valence-corrected chi connectivity index (χ3v) is 8.10. The summed E-state index contributed by atoms with van der Waals surface area (Å²) in [7, 11) is 0. The van der Waals surface area contributed by atoms with Crippen molar-refractivity contribution in [2.24, 2.45) is 17.8 Å². The van der Waals surface area contributed by atoms with Crippen molar-refractivity contribution in [2.75, 3.05) is 0 Å². The van der Waals surface area contributed by atoms with E-state index < -0.39 is 6.23 Å². The molecular weight excluding hydrogens is 334 g/mol. The fourth-order valence-electron chi connectivity index (χ4n) is 5.67. The number of ether oxygens (including phenoxy) is 1. The molecule has 2 saturated carbocycles. The van der Waals surface area contributed by atoms with Gasteiger partial charge in [0.15, 0.2) is 0 Å². The van der Waals surface area contributed by atoms with Crippen LogP contribution in [0.3, 0.4) is 0 Å². The van der Waals surface area contributed by atoms with Crippen LogP contribution < -0.4 is 5.32 Å². The van der Waals surface area contributed by atoms with Gasteiger partial charge in [0.25, 0.3) is 5.24 Å². The molecule has 1 amide bonds. The Labute approximate surface area is 155 Å². The highest BCUT2D eigenvalue weighted by atomic mass is 32.2. The maximum atomic E-state index is 11.4. The normalized spacial score (nSPS) is 42.8. The second kappa shape index (κ2) is 8.18. The third kappa shape index (κ3) is 4.54. The average Bonchev–Trinajstić information content (AvgIpc) is 2.93. The van der Waals surface area contributed by atoms with Gasteiger partial charge in [-0.2, -0.15) is 0 Å². The van der Waals surface area contributed by atoms with Crippen LogP contribution >= 0.6 is 11.8 Å². The molecule has 0 bridgehead atoms. The fraction of sp³-hybridized carbons (Fsp3) is 0.950. The standard InChI is InChI=1S/C20H33NO3S/c22-19-18(25-20(23)21-19)12-14-6-9-17-15(10-14)7-8-16(24-17)11-13-4-2-1-3-5-13/h13-19,22H,1-12H2,(H,21,23)/t14?,15-,16?,17?,18?,19?/m0/s1. The van der Waals surface area contributed by atoms with Gasteiger partial charge in [-0.1, -0.05) is 43.9 Å². The summed E-state index contributed by atoms with van der Waals surface area (Å²) in [6.45, 7) is 0. The molecule has 0 spiro atoms. The van der Waals surface area contributed by atoms with Crippen molar-refractivity contribution < 1.29 is 14.6 Å². The van der Waals surface area contributed by atoms with Crippen LogP contribution in [0.5, 0.6) is 0 Å². The zero-order chi connectivity index (χ0) is 17.2. The predicted molar refractivity (Wildman–Crippen MR) is 100 cm³/mol. The first-order chi connectivity index (χ1) is 12.2. The van der Waals surface area contributed by atoms with E-state index in [1.807, 2.05) is 0 Å². The van der Waals surface area contributed by atoms with E-state index in [1.165, 1.54) is 82.4 Å². The summed E-state index contributed by atoms with van der Waals surface area (Å²) in [5, 5.41) is 12.5. The van der Waals surface area contributed by atoms with Gasteiger partial charge in [-0.15, -0.1) is 0 Å². The number of fused-ring (bicyclic) bond motifs is 1. The Balaban J connectivity index is 1.23. The van der Waals surface area contributed by atoms with E-state index >= 15 is 0 Å². The number of aliphatic hydroxyl groups is 1. The first kappa shape index (κ1) is 18.1. The molecule has 0 aromatic heterocycles. The van der Waals surface area contributed by atoms with E-state index in [0.29, 0.717) is 24.0 Å². The quantitative estimate of drug-likeness (QED) is 0.770. The lowest BCUT2D eigenvalue weighted by atomic mass is 9.73. The Hall–Kier alpha value is -0.260. The van der Waals surface area contributed by atoms with Crippen molar-refractivity contribution in [2.45, 2.75) is 101 Å². The zero-order valence-corrected chi connectivity index (χ0v) is 16.0. The second-order valence-electron chi connectivity index (χ2n) is 8.82. The van der Waals surface area contributed by atoms with Gasteiger partial charge in [-0.3, -0.25) is 4.79 Å². The van der Waals surface area contributed by atoms with Crippen LogP contribution in [0.4, 0.5) is 4.79 Å². The van der Waals surface area contributed by atoms with Crippen LogP contribution in [0.2, 0.25) is 0 Å². The van der Waals surface area contributed by atoms with Gasteiger partial charge in [0, 0.05) is 0 Å². The first-order valence-corrected chi connectivity index (χ1v) is 11.4. The lowest BCUT2D eigenvalue weighted by molar-refractivity contribution is -0.115. The number of amides is 1. The molecule has 2 aliphatic heterocycles. The summed E-state index contributed by atoms with van der Waals surface area (Å²) in [5.41, 5.74) is 0. The lowest BCUT2D eigenvalue weighted by Crippen LogP contribution is -2.41. The monoisotopic (exact) mass is 367 g/mol. The largest absolute Gasteiger partial charge is 0.375 e. The zero-order valence-electron chi connectivity index (χ0n) is 15.2. The summed E-state index contributed by atoms with van der Waals surface area (Å²) in [6, 6.07) is 0. The topological polar surface area (TPSA) is 58.6 Å². The van der Waals surface area contributed by atoms with Crippen molar-refractivity contribution in [1.29, 1.82) is 0 Å². The van der Waals surface area contributed by atoms with Gasteiger partial charge in [-0.25, -0.2) is 0 Å². The van der Waals surface area contributed by atoms with Gasteiger partial charge in [0.2, 0.25) is 0 Å². The lowest BCUT2D eigenvalue weighted by Gasteiger charge is -2.43. The molecule has 4 nitrogen and oxygen atoms in total. The Morgan fingerprint density at radius 3 is 2.60 bits per heavy atom. The minimum atomic E-state index is -0.655. The highest BCUT2D eigenvalue weighted by Crippen LogP contribution is 2.43. The Bertz CT molecular complexity index is 468. The molecular formula is C20H33NO3S. The molecule has 5 unspecified atom stereocenters. The minimum Gasteiger partial charge on any atom is -0.375 e. The van der Waals surface area contributed by atoms with Crippen molar-refractivity contribution in [3.8, 4) is 0 Å². The molecule has 25 heavy (non-hydrogen) atoms. The highest BCUT2D eigenvalue weighted by Gasteiger charge is 2.40. The number of rotatable bonds is 4. The maximum absolute atomic E-state index is 11.4. The molecule has 2 N–H and O–H groups in total. The molecule has 4 aliphatic rings. The Kier molecular flexibility index (Phi) is 5.93. The summed E-state index contributed by atoms with van der Waals surface area (Å²) in [4.78, 5) is 11.4. The van der Waals surface area contributed by atoms with Gasteiger partial charge in [0.05, 0.1) is 17.5 Å². The van der Waals surface area contributed by atoms with E-state index in [1.54, 1.807) is 0 Å².